The zero-order valence-corrected chi connectivity index (χ0v) is 12.1. The van der Waals surface area contributed by atoms with E-state index in [9.17, 15) is 4.79 Å². The molecule has 1 aromatic carbocycles. The number of aryl methyl sites for hydroxylation is 1. The lowest BCUT2D eigenvalue weighted by Gasteiger charge is -2.23. The molecule has 2 aromatic rings. The van der Waals surface area contributed by atoms with Crippen molar-refractivity contribution in [1.29, 1.82) is 0 Å². The van der Waals surface area contributed by atoms with E-state index < -0.39 is 0 Å². The van der Waals surface area contributed by atoms with Crippen LogP contribution >= 0.6 is 0 Å². The zero-order valence-electron chi connectivity index (χ0n) is 12.1. The van der Waals surface area contributed by atoms with E-state index in [1.165, 1.54) is 0 Å². The van der Waals surface area contributed by atoms with E-state index in [4.69, 9.17) is 0 Å². The Morgan fingerprint density at radius 1 is 1.37 bits per heavy atom. The van der Waals surface area contributed by atoms with Crippen molar-refractivity contribution in [2.75, 3.05) is 14.1 Å². The van der Waals surface area contributed by atoms with Crippen molar-refractivity contribution in [2.45, 2.75) is 32.9 Å². The van der Waals surface area contributed by atoms with Gasteiger partial charge in [-0.3, -0.25) is 9.36 Å². The summed E-state index contributed by atoms with van der Waals surface area (Å²) in [5.41, 5.74) is 1.91. The zero-order chi connectivity index (χ0) is 14.0. The standard InChI is InChI=1S/C15H21N3O/c1-5-12(17(3)4)9-18-10-16-14-7-6-11(2)8-13(14)15(18)19/h6-8,10,12H,5,9H2,1-4H3. The quantitative estimate of drug-likeness (QED) is 0.843. The molecule has 0 bridgehead atoms. The minimum atomic E-state index is 0.0500. The van der Waals surface area contributed by atoms with Crippen LogP contribution in [-0.2, 0) is 6.54 Å². The molecule has 1 heterocycles. The summed E-state index contributed by atoms with van der Waals surface area (Å²) in [7, 11) is 4.08. The van der Waals surface area contributed by atoms with Gasteiger partial charge in [-0.05, 0) is 39.6 Å². The van der Waals surface area contributed by atoms with E-state index in [2.05, 4.69) is 16.8 Å². The van der Waals surface area contributed by atoms with E-state index in [0.29, 0.717) is 18.0 Å². The summed E-state index contributed by atoms with van der Waals surface area (Å²) in [6, 6.07) is 6.15. The summed E-state index contributed by atoms with van der Waals surface area (Å²) in [6.07, 6.45) is 2.66. The summed E-state index contributed by atoms with van der Waals surface area (Å²) in [6.45, 7) is 4.80. The Balaban J connectivity index is 2.45. The molecule has 0 aliphatic carbocycles. The van der Waals surface area contributed by atoms with Gasteiger partial charge in [0.05, 0.1) is 17.2 Å². The van der Waals surface area contributed by atoms with Crippen molar-refractivity contribution < 1.29 is 0 Å². The van der Waals surface area contributed by atoms with Crippen LogP contribution in [0.5, 0.6) is 0 Å². The van der Waals surface area contributed by atoms with E-state index >= 15 is 0 Å². The monoisotopic (exact) mass is 259 g/mol. The minimum Gasteiger partial charge on any atom is -0.305 e. The highest BCUT2D eigenvalue weighted by Gasteiger charge is 2.12. The first-order chi connectivity index (χ1) is 9.02. The molecular weight excluding hydrogens is 238 g/mol. The van der Waals surface area contributed by atoms with Crippen molar-refractivity contribution in [3.63, 3.8) is 0 Å². The number of aromatic nitrogens is 2. The largest absolute Gasteiger partial charge is 0.305 e. The Labute approximate surface area is 113 Å². The van der Waals surface area contributed by atoms with Gasteiger partial charge in [0.2, 0.25) is 0 Å². The Morgan fingerprint density at radius 2 is 2.11 bits per heavy atom. The van der Waals surface area contributed by atoms with Crippen LogP contribution in [-0.4, -0.2) is 34.6 Å². The Hall–Kier alpha value is -1.68. The van der Waals surface area contributed by atoms with Gasteiger partial charge in [-0.25, -0.2) is 4.98 Å². The average molecular weight is 259 g/mol. The van der Waals surface area contributed by atoms with E-state index in [1.54, 1.807) is 10.9 Å². The topological polar surface area (TPSA) is 38.1 Å². The van der Waals surface area contributed by atoms with Crippen LogP contribution in [0.25, 0.3) is 10.9 Å². The number of likely N-dealkylation sites (N-methyl/N-ethyl adjacent to an activating group) is 1. The molecule has 0 radical (unpaired) electrons. The first-order valence-corrected chi connectivity index (χ1v) is 6.65. The third-order valence-corrected chi connectivity index (χ3v) is 3.59. The SMILES string of the molecule is CCC(Cn1cnc2ccc(C)cc2c1=O)N(C)C. The van der Waals surface area contributed by atoms with Gasteiger partial charge in [0.15, 0.2) is 0 Å². The van der Waals surface area contributed by atoms with Gasteiger partial charge in [-0.1, -0.05) is 18.6 Å². The molecule has 4 heteroatoms. The first-order valence-electron chi connectivity index (χ1n) is 6.65. The van der Waals surface area contributed by atoms with Gasteiger partial charge in [0.1, 0.15) is 0 Å². The normalized spacial score (nSPS) is 13.1. The van der Waals surface area contributed by atoms with Gasteiger partial charge in [-0.15, -0.1) is 0 Å². The second-order valence-corrected chi connectivity index (χ2v) is 5.25. The van der Waals surface area contributed by atoms with Crippen LogP contribution in [0.1, 0.15) is 18.9 Å². The molecule has 2 rings (SSSR count). The minimum absolute atomic E-state index is 0.0500. The van der Waals surface area contributed by atoms with Crippen molar-refractivity contribution >= 4 is 10.9 Å². The van der Waals surface area contributed by atoms with E-state index in [1.807, 2.05) is 39.2 Å². The average Bonchev–Trinajstić information content (AvgIpc) is 2.38. The second kappa shape index (κ2) is 5.53. The molecule has 1 aromatic heterocycles. The molecule has 0 aliphatic heterocycles. The van der Waals surface area contributed by atoms with Gasteiger partial charge in [-0.2, -0.15) is 0 Å². The van der Waals surface area contributed by atoms with Crippen LogP contribution in [0.4, 0.5) is 0 Å². The Bertz CT molecular complexity index is 631. The van der Waals surface area contributed by atoms with Crippen LogP contribution < -0.4 is 5.56 Å². The van der Waals surface area contributed by atoms with Crippen molar-refractivity contribution in [3.05, 3.63) is 40.4 Å². The van der Waals surface area contributed by atoms with Crippen molar-refractivity contribution in [3.8, 4) is 0 Å². The fraction of sp³-hybridized carbons (Fsp3) is 0.467. The number of hydrogen-bond acceptors (Lipinski definition) is 3. The lowest BCUT2D eigenvalue weighted by molar-refractivity contribution is 0.255. The molecule has 4 nitrogen and oxygen atoms in total. The Kier molecular flexibility index (Phi) is 4.00. The van der Waals surface area contributed by atoms with Crippen LogP contribution in [0.2, 0.25) is 0 Å². The number of benzene rings is 1. The fourth-order valence-corrected chi connectivity index (χ4v) is 2.29. The predicted molar refractivity (Wildman–Crippen MR) is 78.5 cm³/mol. The third-order valence-electron chi connectivity index (χ3n) is 3.59. The van der Waals surface area contributed by atoms with E-state index in [0.717, 1.165) is 17.5 Å². The maximum absolute atomic E-state index is 12.5. The van der Waals surface area contributed by atoms with Crippen LogP contribution in [0, 0.1) is 6.92 Å². The number of fused-ring (bicyclic) bond motifs is 1. The predicted octanol–water partition coefficient (Wildman–Crippen LogP) is 2.05. The molecule has 19 heavy (non-hydrogen) atoms. The molecule has 1 unspecified atom stereocenters. The first kappa shape index (κ1) is 13.7. The van der Waals surface area contributed by atoms with Crippen molar-refractivity contribution in [2.24, 2.45) is 0 Å². The lowest BCUT2D eigenvalue weighted by Crippen LogP contribution is -2.35. The molecular formula is C15H21N3O. The van der Waals surface area contributed by atoms with Gasteiger partial charge in [0, 0.05) is 12.6 Å². The highest BCUT2D eigenvalue weighted by atomic mass is 16.1. The summed E-state index contributed by atoms with van der Waals surface area (Å²) < 4.78 is 1.72. The molecule has 0 aliphatic rings. The van der Waals surface area contributed by atoms with Gasteiger partial charge < -0.3 is 4.90 Å². The lowest BCUT2D eigenvalue weighted by atomic mass is 10.1. The molecule has 0 amide bonds. The summed E-state index contributed by atoms with van der Waals surface area (Å²) in [5.74, 6) is 0. The molecule has 0 fully saturated rings. The van der Waals surface area contributed by atoms with Crippen LogP contribution in [0.3, 0.4) is 0 Å². The van der Waals surface area contributed by atoms with Crippen LogP contribution in [0.15, 0.2) is 29.3 Å². The molecule has 0 spiro atoms. The maximum Gasteiger partial charge on any atom is 0.261 e. The summed E-state index contributed by atoms with van der Waals surface area (Å²) >= 11 is 0. The van der Waals surface area contributed by atoms with Gasteiger partial charge in [0.25, 0.3) is 5.56 Å². The fourth-order valence-electron chi connectivity index (χ4n) is 2.29. The summed E-state index contributed by atoms with van der Waals surface area (Å²) in [5, 5.41) is 0.705. The smallest absolute Gasteiger partial charge is 0.261 e. The number of rotatable bonds is 4. The molecule has 0 saturated carbocycles. The number of nitrogens with zero attached hydrogens (tertiary/aromatic N) is 3. The molecule has 102 valence electrons. The summed E-state index contributed by atoms with van der Waals surface area (Å²) in [4.78, 5) is 19.0. The molecule has 0 N–H and O–H groups in total. The second-order valence-electron chi connectivity index (χ2n) is 5.25. The Morgan fingerprint density at radius 3 is 2.74 bits per heavy atom. The number of hydrogen-bond donors (Lipinski definition) is 0. The highest BCUT2D eigenvalue weighted by Crippen LogP contribution is 2.09. The van der Waals surface area contributed by atoms with E-state index in [-0.39, 0.29) is 5.56 Å². The third kappa shape index (κ3) is 2.84. The van der Waals surface area contributed by atoms with Crippen molar-refractivity contribution in [1.82, 2.24) is 14.5 Å². The highest BCUT2D eigenvalue weighted by molar-refractivity contribution is 5.77. The molecule has 1 atom stereocenters. The molecule has 0 saturated heterocycles. The maximum atomic E-state index is 12.5. The van der Waals surface area contributed by atoms with Gasteiger partial charge >= 0.3 is 0 Å².